The highest BCUT2D eigenvalue weighted by atomic mass is 32.2. The first-order valence-electron chi connectivity index (χ1n) is 10.6. The largest absolute Gasteiger partial charge is 0.497 e. The molecular weight excluding hydrogens is 468 g/mol. The molecule has 0 radical (unpaired) electrons. The van der Waals surface area contributed by atoms with Gasteiger partial charge in [0.05, 0.1) is 29.6 Å². The van der Waals surface area contributed by atoms with E-state index in [-0.39, 0.29) is 23.1 Å². The summed E-state index contributed by atoms with van der Waals surface area (Å²) < 4.78 is 34.3. The van der Waals surface area contributed by atoms with Crippen LogP contribution in [0.2, 0.25) is 0 Å². The van der Waals surface area contributed by atoms with E-state index in [0.29, 0.717) is 28.2 Å². The lowest BCUT2D eigenvalue weighted by molar-refractivity contribution is -0.114. The number of ether oxygens (including phenoxy) is 1. The van der Waals surface area contributed by atoms with Gasteiger partial charge in [-0.25, -0.2) is 18.4 Å². The van der Waals surface area contributed by atoms with Crippen molar-refractivity contribution in [3.63, 3.8) is 0 Å². The van der Waals surface area contributed by atoms with Gasteiger partial charge in [-0.05, 0) is 48.9 Å². The number of nitrogens with one attached hydrogen (secondary N) is 3. The van der Waals surface area contributed by atoms with E-state index in [1.165, 1.54) is 18.2 Å². The van der Waals surface area contributed by atoms with Crippen LogP contribution in [0.25, 0.3) is 11.0 Å². The number of aromatic nitrogens is 2. The number of hydrogen-bond acceptors (Lipinski definition) is 8. The highest BCUT2D eigenvalue weighted by Crippen LogP contribution is 2.30. The molecule has 1 heterocycles. The molecule has 35 heavy (non-hydrogen) atoms. The van der Waals surface area contributed by atoms with E-state index in [9.17, 15) is 13.2 Å². The van der Waals surface area contributed by atoms with Crippen LogP contribution in [-0.2, 0) is 14.8 Å². The fourth-order valence-corrected chi connectivity index (χ4v) is 4.34. The van der Waals surface area contributed by atoms with Crippen LogP contribution in [0.5, 0.6) is 5.75 Å². The molecule has 0 spiro atoms. The zero-order valence-electron chi connectivity index (χ0n) is 19.1. The van der Waals surface area contributed by atoms with Crippen molar-refractivity contribution in [3.05, 3.63) is 72.3 Å². The summed E-state index contributed by atoms with van der Waals surface area (Å²) in [5, 5.41) is 5.72. The molecule has 5 N–H and O–H groups in total. The molecule has 0 aliphatic heterocycles. The van der Waals surface area contributed by atoms with Gasteiger partial charge in [-0.15, -0.1) is 0 Å². The molecule has 4 aromatic rings. The molecule has 11 heteroatoms. The summed E-state index contributed by atoms with van der Waals surface area (Å²) in [5.41, 5.74) is 8.32. The fraction of sp³-hybridized carbons (Fsp3) is 0.125. The van der Waals surface area contributed by atoms with E-state index in [1.54, 1.807) is 37.4 Å². The van der Waals surface area contributed by atoms with Crippen LogP contribution in [0.4, 0.5) is 23.0 Å². The van der Waals surface area contributed by atoms with E-state index in [4.69, 9.17) is 10.5 Å². The first-order valence-corrected chi connectivity index (χ1v) is 12.1. The van der Waals surface area contributed by atoms with E-state index >= 15 is 0 Å². The quantitative estimate of drug-likeness (QED) is 0.292. The highest BCUT2D eigenvalue weighted by molar-refractivity contribution is 7.92. The number of nitrogens with two attached hydrogens (primary N) is 1. The van der Waals surface area contributed by atoms with Gasteiger partial charge in [-0.3, -0.25) is 9.52 Å². The molecule has 0 atom stereocenters. The predicted octanol–water partition coefficient (Wildman–Crippen LogP) is 3.39. The Kier molecular flexibility index (Phi) is 6.80. The average molecular weight is 493 g/mol. The fourth-order valence-electron chi connectivity index (χ4n) is 3.29. The molecule has 0 saturated carbocycles. The summed E-state index contributed by atoms with van der Waals surface area (Å²) in [6.07, 6.45) is 0. The number of carbonyl (C=O) groups excluding carboxylic acids is 1. The van der Waals surface area contributed by atoms with Crippen molar-refractivity contribution in [1.29, 1.82) is 0 Å². The van der Waals surface area contributed by atoms with E-state index in [0.717, 1.165) is 5.56 Å². The molecule has 0 bridgehead atoms. The molecule has 0 aliphatic carbocycles. The summed E-state index contributed by atoms with van der Waals surface area (Å²) in [6, 6.07) is 18.5. The minimum absolute atomic E-state index is 0.0160. The number of methoxy groups -OCH3 is 1. The third-order valence-corrected chi connectivity index (χ3v) is 6.45. The number of benzene rings is 3. The minimum atomic E-state index is -4.08. The molecule has 0 aliphatic rings. The molecule has 10 nitrogen and oxygen atoms in total. The first-order chi connectivity index (χ1) is 16.8. The summed E-state index contributed by atoms with van der Waals surface area (Å²) in [5.74, 6) is 0.428. The van der Waals surface area contributed by atoms with Gasteiger partial charge in [-0.1, -0.05) is 24.3 Å². The van der Waals surface area contributed by atoms with Gasteiger partial charge < -0.3 is 21.1 Å². The number of hydrogen-bond donors (Lipinski definition) is 4. The maximum atomic E-state index is 13.3. The van der Waals surface area contributed by atoms with Crippen LogP contribution in [0, 0.1) is 6.92 Å². The number of fused-ring (bicyclic) bond motifs is 1. The van der Waals surface area contributed by atoms with Crippen LogP contribution in [0.3, 0.4) is 0 Å². The van der Waals surface area contributed by atoms with Gasteiger partial charge in [0, 0.05) is 17.4 Å². The highest BCUT2D eigenvalue weighted by Gasteiger charge is 2.20. The van der Waals surface area contributed by atoms with E-state index in [2.05, 4.69) is 25.3 Å². The summed E-state index contributed by atoms with van der Waals surface area (Å²) in [7, 11) is -2.52. The average Bonchev–Trinajstić information content (AvgIpc) is 2.85. The van der Waals surface area contributed by atoms with Crippen LogP contribution >= 0.6 is 0 Å². The Bertz CT molecular complexity index is 1510. The van der Waals surface area contributed by atoms with Crippen molar-refractivity contribution >= 4 is 50.0 Å². The number of para-hydroxylation sites is 2. The third kappa shape index (κ3) is 5.48. The molecule has 0 fully saturated rings. The van der Waals surface area contributed by atoms with Gasteiger partial charge >= 0.3 is 0 Å². The SMILES string of the molecule is COc1ccc(C)c(Nc2nc3ccccc3nc2NS(=O)(=O)c2cccc(NC(=O)CN)c2)c1. The predicted molar refractivity (Wildman–Crippen MR) is 135 cm³/mol. The number of aryl methyl sites for hydroxylation is 1. The first kappa shape index (κ1) is 23.9. The number of carbonyl (C=O) groups is 1. The minimum Gasteiger partial charge on any atom is -0.497 e. The zero-order valence-corrected chi connectivity index (χ0v) is 19.9. The third-order valence-electron chi connectivity index (χ3n) is 5.11. The van der Waals surface area contributed by atoms with Crippen molar-refractivity contribution in [2.75, 3.05) is 29.0 Å². The van der Waals surface area contributed by atoms with Gasteiger partial charge in [0.2, 0.25) is 5.91 Å². The number of nitrogens with zero attached hydrogens (tertiary/aromatic N) is 2. The number of anilines is 4. The van der Waals surface area contributed by atoms with Gasteiger partial charge in [-0.2, -0.15) is 0 Å². The molecule has 180 valence electrons. The van der Waals surface area contributed by atoms with Crippen LogP contribution in [0.15, 0.2) is 71.6 Å². The van der Waals surface area contributed by atoms with E-state index < -0.39 is 15.9 Å². The Balaban J connectivity index is 1.74. The number of sulfonamides is 1. The lowest BCUT2D eigenvalue weighted by atomic mass is 10.2. The Labute approximate surface area is 202 Å². The van der Waals surface area contributed by atoms with Crippen molar-refractivity contribution in [2.24, 2.45) is 5.73 Å². The Morgan fingerprint density at radius 2 is 1.69 bits per heavy atom. The van der Waals surface area contributed by atoms with Crippen molar-refractivity contribution in [1.82, 2.24) is 9.97 Å². The van der Waals surface area contributed by atoms with E-state index in [1.807, 2.05) is 25.1 Å². The van der Waals surface area contributed by atoms with Crippen molar-refractivity contribution in [2.45, 2.75) is 11.8 Å². The Hall–Kier alpha value is -4.22. The molecular formula is C24H24N6O4S. The molecule has 4 rings (SSSR count). The van der Waals surface area contributed by atoms with Gasteiger partial charge in [0.15, 0.2) is 11.6 Å². The molecule has 3 aromatic carbocycles. The van der Waals surface area contributed by atoms with Crippen LogP contribution in [-0.4, -0.2) is 37.9 Å². The normalized spacial score (nSPS) is 11.2. The maximum Gasteiger partial charge on any atom is 0.263 e. The maximum absolute atomic E-state index is 13.3. The standard InChI is InChI=1S/C24H24N6O4S/c1-15-10-11-17(34-2)13-21(15)29-23-24(28-20-9-4-3-8-19(20)27-23)30-35(32,33)18-7-5-6-16(12-18)26-22(31)14-25/h3-13H,14,25H2,1-2H3,(H,26,31)(H,27,29)(H,28,30). The summed E-state index contributed by atoms with van der Waals surface area (Å²) in [6.45, 7) is 1.68. The number of rotatable bonds is 8. The monoisotopic (exact) mass is 492 g/mol. The second-order valence-corrected chi connectivity index (χ2v) is 9.28. The Morgan fingerprint density at radius 3 is 2.37 bits per heavy atom. The van der Waals surface area contributed by atoms with Crippen LogP contribution in [0.1, 0.15) is 5.56 Å². The second kappa shape index (κ2) is 9.95. The van der Waals surface area contributed by atoms with Gasteiger partial charge in [0.25, 0.3) is 10.0 Å². The number of amides is 1. The second-order valence-electron chi connectivity index (χ2n) is 7.60. The smallest absolute Gasteiger partial charge is 0.263 e. The summed E-state index contributed by atoms with van der Waals surface area (Å²) >= 11 is 0. The zero-order chi connectivity index (χ0) is 25.0. The van der Waals surface area contributed by atoms with Gasteiger partial charge in [0.1, 0.15) is 5.75 Å². The summed E-state index contributed by atoms with van der Waals surface area (Å²) in [4.78, 5) is 20.7. The molecule has 0 unspecified atom stereocenters. The van der Waals surface area contributed by atoms with Crippen LogP contribution < -0.4 is 25.8 Å². The topological polar surface area (TPSA) is 148 Å². The Morgan fingerprint density at radius 1 is 0.971 bits per heavy atom. The molecule has 1 aromatic heterocycles. The molecule has 0 saturated heterocycles. The molecule has 1 amide bonds. The van der Waals surface area contributed by atoms with Crippen molar-refractivity contribution in [3.8, 4) is 5.75 Å². The lowest BCUT2D eigenvalue weighted by Crippen LogP contribution is -2.22. The lowest BCUT2D eigenvalue weighted by Gasteiger charge is -2.16. The van der Waals surface area contributed by atoms with Crippen molar-refractivity contribution < 1.29 is 17.9 Å².